The van der Waals surface area contributed by atoms with Crippen molar-refractivity contribution in [3.05, 3.63) is 0 Å². The predicted molar refractivity (Wildman–Crippen MR) is 80.8 cm³/mol. The van der Waals surface area contributed by atoms with E-state index in [2.05, 4.69) is 0 Å². The molecule has 0 amide bonds. The molecule has 0 N–H and O–H groups in total. The van der Waals surface area contributed by atoms with Crippen molar-refractivity contribution >= 4 is 26.3 Å². The first-order valence-corrected chi connectivity index (χ1v) is 10.0. The van der Waals surface area contributed by atoms with Crippen LogP contribution >= 0.6 is 0 Å². The Morgan fingerprint density at radius 3 is 2.10 bits per heavy atom. The quantitative estimate of drug-likeness (QED) is 0.675. The molecule has 1 aliphatic rings. The maximum atomic E-state index is 11.3. The Morgan fingerprint density at radius 1 is 1.14 bits per heavy atom. The van der Waals surface area contributed by atoms with E-state index >= 15 is 0 Å². The first kappa shape index (κ1) is 17.9. The maximum Gasteiger partial charge on any atom is 0.463 e. The van der Waals surface area contributed by atoms with Crippen LogP contribution in [0.4, 0.5) is 0 Å². The third-order valence-corrected chi connectivity index (χ3v) is 7.54. The number of Topliss-reactive ketones (excluding diaryl/α,β-unsaturated/α-hetero) is 1. The molecule has 120 valence electrons. The van der Waals surface area contributed by atoms with Crippen LogP contribution in [0.5, 0.6) is 0 Å². The summed E-state index contributed by atoms with van der Waals surface area (Å²) in [6.07, 6.45) is 5.18. The zero-order chi connectivity index (χ0) is 15.9. The number of ketones is 1. The summed E-state index contributed by atoms with van der Waals surface area (Å²) >= 11 is 0. The van der Waals surface area contributed by atoms with Crippen LogP contribution in [0.3, 0.4) is 0 Å². The Labute approximate surface area is 127 Å². The van der Waals surface area contributed by atoms with Crippen molar-refractivity contribution in [1.29, 1.82) is 0 Å². The van der Waals surface area contributed by atoms with Gasteiger partial charge in [0, 0.05) is 38.8 Å². The zero-order valence-corrected chi connectivity index (χ0v) is 14.3. The van der Waals surface area contributed by atoms with Crippen LogP contribution in [0.15, 0.2) is 0 Å². The minimum atomic E-state index is -2.76. The molecule has 0 aromatic heterocycles. The van der Waals surface area contributed by atoms with Gasteiger partial charge in [-0.1, -0.05) is 13.3 Å². The van der Waals surface area contributed by atoms with Gasteiger partial charge in [0.05, 0.1) is 0 Å². The molecule has 0 bridgehead atoms. The third kappa shape index (κ3) is 6.41. The second-order valence-electron chi connectivity index (χ2n) is 5.83. The van der Waals surface area contributed by atoms with Gasteiger partial charge in [0.1, 0.15) is 5.78 Å². The second kappa shape index (κ2) is 8.31. The summed E-state index contributed by atoms with van der Waals surface area (Å²) in [7, 11) is -2.76. The number of carbonyl (C=O) groups is 3. The molecule has 1 fully saturated rings. The highest BCUT2D eigenvalue weighted by Gasteiger charge is 2.41. The van der Waals surface area contributed by atoms with E-state index < -0.39 is 8.56 Å². The van der Waals surface area contributed by atoms with Gasteiger partial charge in [0.25, 0.3) is 11.9 Å². The normalized spacial score (nSPS) is 16.6. The van der Waals surface area contributed by atoms with Crippen molar-refractivity contribution in [3.63, 3.8) is 0 Å². The fraction of sp³-hybridized carbons (Fsp3) is 0.800. The first-order chi connectivity index (χ1) is 9.87. The van der Waals surface area contributed by atoms with Gasteiger partial charge in [0.2, 0.25) is 0 Å². The highest BCUT2D eigenvalue weighted by molar-refractivity contribution is 6.70. The van der Waals surface area contributed by atoms with Crippen molar-refractivity contribution in [2.24, 2.45) is 5.92 Å². The number of hydrogen-bond donors (Lipinski definition) is 0. The van der Waals surface area contributed by atoms with E-state index in [-0.39, 0.29) is 11.9 Å². The molecule has 0 aromatic carbocycles. The topological polar surface area (TPSA) is 69.7 Å². The van der Waals surface area contributed by atoms with E-state index in [1.54, 1.807) is 0 Å². The van der Waals surface area contributed by atoms with E-state index in [0.717, 1.165) is 25.7 Å². The van der Waals surface area contributed by atoms with Crippen LogP contribution < -0.4 is 0 Å². The van der Waals surface area contributed by atoms with Crippen molar-refractivity contribution < 1.29 is 23.2 Å². The van der Waals surface area contributed by atoms with E-state index in [0.29, 0.717) is 36.6 Å². The predicted octanol–water partition coefficient (Wildman–Crippen LogP) is 3.11. The fourth-order valence-electron chi connectivity index (χ4n) is 2.92. The smallest absolute Gasteiger partial charge is 0.463 e. The molecule has 0 saturated heterocycles. The van der Waals surface area contributed by atoms with E-state index in [9.17, 15) is 14.4 Å². The largest absolute Gasteiger partial charge is 0.485 e. The first-order valence-electron chi connectivity index (χ1n) is 7.77. The van der Waals surface area contributed by atoms with Gasteiger partial charge in [-0.3, -0.25) is 14.4 Å². The lowest BCUT2D eigenvalue weighted by atomic mass is 9.86. The van der Waals surface area contributed by atoms with Gasteiger partial charge >= 0.3 is 8.56 Å². The molecule has 0 unspecified atom stereocenters. The molecule has 0 spiro atoms. The zero-order valence-electron chi connectivity index (χ0n) is 13.3. The lowest BCUT2D eigenvalue weighted by molar-refractivity contribution is -0.139. The number of rotatable bonds is 7. The Kier molecular flexibility index (Phi) is 7.08. The van der Waals surface area contributed by atoms with Gasteiger partial charge in [-0.05, 0) is 25.2 Å². The standard InChI is InChI=1S/C15H26O5Si/c1-4-21(19-12(2)16,20-13(3)17)11-5-6-14-7-9-15(18)10-8-14/h14H,4-11H2,1-3H3. The molecule has 1 saturated carbocycles. The molecular weight excluding hydrogens is 288 g/mol. The SMILES string of the molecule is CC[Si](CCCC1CCC(=O)CC1)(OC(C)=O)OC(C)=O. The van der Waals surface area contributed by atoms with Gasteiger partial charge in [-0.25, -0.2) is 0 Å². The summed E-state index contributed by atoms with van der Waals surface area (Å²) in [5.74, 6) is 0.172. The van der Waals surface area contributed by atoms with Gasteiger partial charge in [0.15, 0.2) is 0 Å². The molecule has 1 rings (SSSR count). The summed E-state index contributed by atoms with van der Waals surface area (Å²) in [5.41, 5.74) is 0. The molecular formula is C15H26O5Si. The average molecular weight is 314 g/mol. The van der Waals surface area contributed by atoms with Crippen LogP contribution in [0.1, 0.15) is 59.3 Å². The van der Waals surface area contributed by atoms with Crippen molar-refractivity contribution in [3.8, 4) is 0 Å². The fourth-order valence-corrected chi connectivity index (χ4v) is 5.59. The van der Waals surface area contributed by atoms with Crippen molar-refractivity contribution in [1.82, 2.24) is 0 Å². The third-order valence-electron chi connectivity index (χ3n) is 4.03. The maximum absolute atomic E-state index is 11.3. The van der Waals surface area contributed by atoms with Crippen LogP contribution in [-0.2, 0) is 23.2 Å². The van der Waals surface area contributed by atoms with Crippen LogP contribution in [0, 0.1) is 5.92 Å². The van der Waals surface area contributed by atoms with Crippen LogP contribution in [-0.4, -0.2) is 26.3 Å². The minimum Gasteiger partial charge on any atom is -0.485 e. The highest BCUT2D eigenvalue weighted by Crippen LogP contribution is 2.29. The van der Waals surface area contributed by atoms with Crippen molar-refractivity contribution in [2.75, 3.05) is 0 Å². The summed E-state index contributed by atoms with van der Waals surface area (Å²) in [4.78, 5) is 33.8. The molecule has 6 heteroatoms. The Balaban J connectivity index is 2.50. The van der Waals surface area contributed by atoms with Crippen molar-refractivity contribution in [2.45, 2.75) is 71.4 Å². The average Bonchev–Trinajstić information content (AvgIpc) is 2.39. The Bertz CT molecular complexity index is 368. The van der Waals surface area contributed by atoms with Gasteiger partial charge in [-0.2, -0.15) is 0 Å². The van der Waals surface area contributed by atoms with E-state index in [1.807, 2.05) is 6.92 Å². The summed E-state index contributed by atoms with van der Waals surface area (Å²) < 4.78 is 10.8. The lowest BCUT2D eigenvalue weighted by Gasteiger charge is -2.28. The van der Waals surface area contributed by atoms with Gasteiger partial charge < -0.3 is 8.85 Å². The summed E-state index contributed by atoms with van der Waals surface area (Å²) in [5, 5.41) is 0. The Hall–Kier alpha value is -1.17. The molecule has 0 aromatic rings. The minimum absolute atomic E-state index is 0.364. The van der Waals surface area contributed by atoms with Crippen LogP contribution in [0.25, 0.3) is 0 Å². The molecule has 1 aliphatic carbocycles. The summed E-state index contributed by atoms with van der Waals surface area (Å²) in [6.45, 7) is 4.61. The molecule has 5 nitrogen and oxygen atoms in total. The monoisotopic (exact) mass is 314 g/mol. The molecule has 0 atom stereocenters. The summed E-state index contributed by atoms with van der Waals surface area (Å²) in [6, 6.07) is 1.22. The number of carbonyl (C=O) groups excluding carboxylic acids is 3. The van der Waals surface area contributed by atoms with E-state index in [1.165, 1.54) is 13.8 Å². The van der Waals surface area contributed by atoms with E-state index in [4.69, 9.17) is 8.85 Å². The molecule has 0 heterocycles. The number of hydrogen-bond acceptors (Lipinski definition) is 5. The second-order valence-corrected chi connectivity index (χ2v) is 9.26. The molecule has 0 radical (unpaired) electrons. The van der Waals surface area contributed by atoms with Crippen LogP contribution in [0.2, 0.25) is 12.1 Å². The lowest BCUT2D eigenvalue weighted by Crippen LogP contribution is -2.44. The Morgan fingerprint density at radius 2 is 1.67 bits per heavy atom. The molecule has 0 aliphatic heterocycles. The molecule has 21 heavy (non-hydrogen) atoms. The van der Waals surface area contributed by atoms with Gasteiger partial charge in [-0.15, -0.1) is 0 Å². The highest BCUT2D eigenvalue weighted by atomic mass is 28.4.